The number of aromatic nitrogens is 2. The van der Waals surface area contributed by atoms with E-state index in [-0.39, 0.29) is 17.4 Å². The Bertz CT molecular complexity index is 1010. The number of amides is 1. The molecule has 4 rings (SSSR count). The molecular weight excluding hydrogens is 368 g/mol. The van der Waals surface area contributed by atoms with E-state index >= 15 is 0 Å². The Balaban J connectivity index is 1.57. The summed E-state index contributed by atoms with van der Waals surface area (Å²) in [5, 5.41) is 2.69. The molecule has 0 saturated carbocycles. The van der Waals surface area contributed by atoms with Crippen LogP contribution in [0.2, 0.25) is 0 Å². The topological polar surface area (TPSA) is 92.1 Å². The Hall–Kier alpha value is -2.03. The van der Waals surface area contributed by atoms with Gasteiger partial charge in [0.25, 0.3) is 5.56 Å². The van der Waals surface area contributed by atoms with Crippen molar-refractivity contribution in [3.63, 3.8) is 0 Å². The molecule has 0 spiro atoms. The minimum Gasteiger partial charge on any atom is -0.369 e. The molecule has 0 radical (unpaired) electrons. The number of rotatable bonds is 4. The number of primary amides is 1. The van der Waals surface area contributed by atoms with Gasteiger partial charge in [0.05, 0.1) is 11.9 Å². The van der Waals surface area contributed by atoms with Gasteiger partial charge >= 0.3 is 0 Å². The first-order valence-electron chi connectivity index (χ1n) is 8.60. The number of nitrogens with two attached hydrogens (primary N) is 1. The van der Waals surface area contributed by atoms with E-state index in [0.717, 1.165) is 41.2 Å². The van der Waals surface area contributed by atoms with Gasteiger partial charge in [0.1, 0.15) is 10.7 Å². The van der Waals surface area contributed by atoms with Gasteiger partial charge in [-0.2, -0.15) is 0 Å². The van der Waals surface area contributed by atoms with Gasteiger partial charge in [0.2, 0.25) is 5.91 Å². The number of fused-ring (bicyclic) bond motifs is 1. The zero-order chi connectivity index (χ0) is 18.3. The van der Waals surface area contributed by atoms with Crippen molar-refractivity contribution in [2.75, 3.05) is 13.1 Å². The molecule has 1 saturated heterocycles. The summed E-state index contributed by atoms with van der Waals surface area (Å²) in [6.07, 6.45) is 1.53. The molecule has 1 aliphatic heterocycles. The summed E-state index contributed by atoms with van der Waals surface area (Å²) in [6, 6.07) is 4.12. The number of piperidine rings is 1. The van der Waals surface area contributed by atoms with Crippen LogP contribution < -0.4 is 11.3 Å². The number of likely N-dealkylation sites (tertiary alicyclic amines) is 1. The van der Waals surface area contributed by atoms with Crippen LogP contribution in [0.3, 0.4) is 0 Å². The maximum absolute atomic E-state index is 12.7. The normalized spacial score (nSPS) is 16.3. The molecule has 0 bridgehead atoms. The monoisotopic (exact) mass is 388 g/mol. The van der Waals surface area contributed by atoms with Crippen LogP contribution in [0.25, 0.3) is 20.7 Å². The lowest BCUT2D eigenvalue weighted by Crippen LogP contribution is -2.38. The molecule has 3 N–H and O–H groups in total. The second-order valence-electron chi connectivity index (χ2n) is 6.71. The summed E-state index contributed by atoms with van der Waals surface area (Å²) in [4.78, 5) is 36.9. The third kappa shape index (κ3) is 3.32. The molecule has 0 unspecified atom stereocenters. The number of aryl methyl sites for hydroxylation is 1. The summed E-state index contributed by atoms with van der Waals surface area (Å²) in [5.74, 6) is 0.429. The second kappa shape index (κ2) is 6.94. The van der Waals surface area contributed by atoms with Gasteiger partial charge in [-0.05, 0) is 45.0 Å². The van der Waals surface area contributed by atoms with Crippen molar-refractivity contribution >= 4 is 38.8 Å². The number of nitrogens with one attached hydrogen (secondary N) is 1. The molecule has 0 aromatic carbocycles. The quantitative estimate of drug-likeness (QED) is 0.719. The third-order valence-corrected chi connectivity index (χ3v) is 6.77. The van der Waals surface area contributed by atoms with E-state index in [4.69, 9.17) is 5.73 Å². The van der Waals surface area contributed by atoms with E-state index in [2.05, 4.69) is 33.9 Å². The van der Waals surface area contributed by atoms with E-state index in [1.165, 1.54) is 16.2 Å². The Morgan fingerprint density at radius 3 is 2.81 bits per heavy atom. The van der Waals surface area contributed by atoms with Crippen molar-refractivity contribution in [2.45, 2.75) is 26.3 Å². The highest BCUT2D eigenvalue weighted by Crippen LogP contribution is 2.35. The number of hydrogen-bond donors (Lipinski definition) is 2. The third-order valence-electron chi connectivity index (χ3n) is 4.86. The lowest BCUT2D eigenvalue weighted by molar-refractivity contribution is -0.123. The lowest BCUT2D eigenvalue weighted by atomic mass is 9.96. The molecule has 1 fully saturated rings. The van der Waals surface area contributed by atoms with Crippen molar-refractivity contribution in [3.05, 3.63) is 38.6 Å². The first-order chi connectivity index (χ1) is 12.5. The largest absolute Gasteiger partial charge is 0.369 e. The molecule has 0 atom stereocenters. The summed E-state index contributed by atoms with van der Waals surface area (Å²) < 4.78 is 0. The summed E-state index contributed by atoms with van der Waals surface area (Å²) in [5.41, 5.74) is 6.26. The Kier molecular flexibility index (Phi) is 4.64. The average Bonchev–Trinajstić information content (AvgIpc) is 3.21. The number of carbonyl (C=O) groups is 1. The van der Waals surface area contributed by atoms with Crippen LogP contribution in [0.5, 0.6) is 0 Å². The molecule has 1 amide bonds. The first-order valence-corrected chi connectivity index (χ1v) is 10.3. The van der Waals surface area contributed by atoms with Crippen LogP contribution in [-0.2, 0) is 11.3 Å². The maximum Gasteiger partial charge on any atom is 0.260 e. The summed E-state index contributed by atoms with van der Waals surface area (Å²) >= 11 is 3.19. The van der Waals surface area contributed by atoms with Gasteiger partial charge in [0, 0.05) is 26.6 Å². The first kappa shape index (κ1) is 17.4. The SMILES string of the molecule is Cc1ccc(-c2csc3nc(CN4CCC(C(N)=O)CC4)[nH]c(=O)c23)s1. The predicted octanol–water partition coefficient (Wildman–Crippen LogP) is 2.72. The van der Waals surface area contributed by atoms with E-state index in [9.17, 15) is 9.59 Å². The molecular formula is C18H20N4O2S2. The number of aromatic amines is 1. The standard InChI is InChI=1S/C18H20N4O2S2/c1-10-2-3-13(26-10)12-9-25-18-15(12)17(24)20-14(21-18)8-22-6-4-11(5-7-22)16(19)23/h2-3,9,11H,4-8H2,1H3,(H2,19,23)(H,20,21,24). The van der Waals surface area contributed by atoms with Gasteiger partial charge in [0.15, 0.2) is 0 Å². The minimum absolute atomic E-state index is 0.0326. The molecule has 136 valence electrons. The van der Waals surface area contributed by atoms with Gasteiger partial charge in [-0.25, -0.2) is 4.98 Å². The minimum atomic E-state index is -0.215. The van der Waals surface area contributed by atoms with Crippen LogP contribution in [0.4, 0.5) is 0 Å². The molecule has 3 aromatic rings. The smallest absolute Gasteiger partial charge is 0.260 e. The van der Waals surface area contributed by atoms with E-state index < -0.39 is 0 Å². The fourth-order valence-corrected chi connectivity index (χ4v) is 5.34. The molecule has 3 aromatic heterocycles. The van der Waals surface area contributed by atoms with Crippen molar-refractivity contribution < 1.29 is 4.79 Å². The second-order valence-corrected chi connectivity index (χ2v) is 8.85. The van der Waals surface area contributed by atoms with E-state index in [0.29, 0.717) is 17.8 Å². The number of thiophene rings is 2. The molecule has 0 aliphatic carbocycles. The molecule has 1 aliphatic rings. The average molecular weight is 389 g/mol. The zero-order valence-corrected chi connectivity index (χ0v) is 16.1. The predicted molar refractivity (Wildman–Crippen MR) is 105 cm³/mol. The number of carbonyl (C=O) groups excluding carboxylic acids is 1. The number of nitrogens with zero attached hydrogens (tertiary/aromatic N) is 2. The fraction of sp³-hybridized carbons (Fsp3) is 0.389. The zero-order valence-electron chi connectivity index (χ0n) is 14.4. The van der Waals surface area contributed by atoms with Crippen molar-refractivity contribution in [2.24, 2.45) is 11.7 Å². The van der Waals surface area contributed by atoms with Crippen molar-refractivity contribution in [3.8, 4) is 10.4 Å². The van der Waals surface area contributed by atoms with Crippen LogP contribution in [0, 0.1) is 12.8 Å². The highest BCUT2D eigenvalue weighted by atomic mass is 32.1. The van der Waals surface area contributed by atoms with Gasteiger partial charge in [-0.3, -0.25) is 14.5 Å². The van der Waals surface area contributed by atoms with Gasteiger partial charge < -0.3 is 10.7 Å². The van der Waals surface area contributed by atoms with Crippen LogP contribution in [0.1, 0.15) is 23.5 Å². The Morgan fingerprint density at radius 2 is 2.15 bits per heavy atom. The van der Waals surface area contributed by atoms with Crippen molar-refractivity contribution in [1.29, 1.82) is 0 Å². The Labute approximate surface area is 158 Å². The maximum atomic E-state index is 12.7. The number of H-pyrrole nitrogens is 1. The molecule has 26 heavy (non-hydrogen) atoms. The van der Waals surface area contributed by atoms with E-state index in [1.54, 1.807) is 11.3 Å². The molecule has 4 heterocycles. The van der Waals surface area contributed by atoms with Crippen LogP contribution in [-0.4, -0.2) is 33.9 Å². The van der Waals surface area contributed by atoms with Crippen LogP contribution in [0.15, 0.2) is 22.3 Å². The van der Waals surface area contributed by atoms with Crippen molar-refractivity contribution in [1.82, 2.24) is 14.9 Å². The molecule has 8 heteroatoms. The highest BCUT2D eigenvalue weighted by molar-refractivity contribution is 7.19. The summed E-state index contributed by atoms with van der Waals surface area (Å²) in [7, 11) is 0. The molecule has 6 nitrogen and oxygen atoms in total. The van der Waals surface area contributed by atoms with Gasteiger partial charge in [-0.1, -0.05) is 0 Å². The summed E-state index contributed by atoms with van der Waals surface area (Å²) in [6.45, 7) is 4.23. The van der Waals surface area contributed by atoms with Gasteiger partial charge in [-0.15, -0.1) is 22.7 Å². The van der Waals surface area contributed by atoms with E-state index in [1.807, 2.05) is 5.38 Å². The van der Waals surface area contributed by atoms with Crippen LogP contribution >= 0.6 is 22.7 Å². The fourth-order valence-electron chi connectivity index (χ4n) is 3.42. The lowest BCUT2D eigenvalue weighted by Gasteiger charge is -2.29. The Morgan fingerprint density at radius 1 is 1.38 bits per heavy atom. The highest BCUT2D eigenvalue weighted by Gasteiger charge is 2.24. The number of hydrogen-bond acceptors (Lipinski definition) is 6.